The fourth-order valence-corrected chi connectivity index (χ4v) is 2.10. The van der Waals surface area contributed by atoms with Crippen LogP contribution in [0.25, 0.3) is 11.0 Å². The Kier molecular flexibility index (Phi) is 2.73. The van der Waals surface area contributed by atoms with Crippen LogP contribution in [0.4, 0.5) is 5.69 Å². The van der Waals surface area contributed by atoms with Crippen molar-refractivity contribution in [3.05, 3.63) is 60.1 Å². The molecular weight excluding hydrogens is 224 g/mol. The summed E-state index contributed by atoms with van der Waals surface area (Å²) in [5.41, 5.74) is 3.16. The van der Waals surface area contributed by atoms with Crippen molar-refractivity contribution in [2.45, 2.75) is 13.5 Å². The zero-order valence-corrected chi connectivity index (χ0v) is 10.2. The average molecular weight is 238 g/mol. The van der Waals surface area contributed by atoms with Crippen LogP contribution in [-0.2, 0) is 6.54 Å². The van der Waals surface area contributed by atoms with Gasteiger partial charge in [-0.1, -0.05) is 18.2 Å². The number of para-hydroxylation sites is 1. The average Bonchev–Trinajstić information content (AvgIpc) is 2.73. The number of fused-ring (bicyclic) bond motifs is 1. The Balaban J connectivity index is 1.89. The van der Waals surface area contributed by atoms with Crippen molar-refractivity contribution >= 4 is 16.7 Å². The maximum absolute atomic E-state index is 5.73. The van der Waals surface area contributed by atoms with Gasteiger partial charge in [-0.2, -0.15) is 0 Å². The first-order valence-electron chi connectivity index (χ1n) is 5.95. The molecule has 0 amide bonds. The number of nitrogens with one attached hydrogen (secondary N) is 1. The lowest BCUT2D eigenvalue weighted by atomic mass is 10.1. The van der Waals surface area contributed by atoms with Gasteiger partial charge in [0.05, 0.1) is 5.69 Å². The molecule has 90 valence electrons. The van der Waals surface area contributed by atoms with Crippen LogP contribution in [0.15, 0.2) is 53.2 Å². The van der Waals surface area contributed by atoms with Crippen LogP contribution in [0.2, 0.25) is 0 Å². The number of nitrogens with zero attached hydrogens (tertiary/aromatic N) is 1. The summed E-state index contributed by atoms with van der Waals surface area (Å²) in [7, 11) is 0. The van der Waals surface area contributed by atoms with Gasteiger partial charge in [0, 0.05) is 29.9 Å². The number of hydrogen-bond donors (Lipinski definition) is 1. The van der Waals surface area contributed by atoms with E-state index in [1.807, 2.05) is 43.5 Å². The van der Waals surface area contributed by atoms with E-state index in [1.165, 1.54) is 10.9 Å². The summed E-state index contributed by atoms with van der Waals surface area (Å²) in [4.78, 5) is 4.08. The van der Waals surface area contributed by atoms with Crippen LogP contribution >= 0.6 is 0 Å². The molecule has 3 aromatic rings. The summed E-state index contributed by atoms with van der Waals surface area (Å²) in [6.07, 6.45) is 3.58. The van der Waals surface area contributed by atoms with Gasteiger partial charge >= 0.3 is 0 Å². The maximum Gasteiger partial charge on any atom is 0.134 e. The second-order valence-electron chi connectivity index (χ2n) is 4.23. The van der Waals surface area contributed by atoms with E-state index in [4.69, 9.17) is 4.42 Å². The third-order valence-electron chi connectivity index (χ3n) is 3.03. The molecule has 3 heteroatoms. The molecule has 0 unspecified atom stereocenters. The molecule has 0 aliphatic heterocycles. The Morgan fingerprint density at radius 3 is 2.89 bits per heavy atom. The second kappa shape index (κ2) is 4.53. The first-order valence-corrected chi connectivity index (χ1v) is 5.95. The van der Waals surface area contributed by atoms with E-state index in [9.17, 15) is 0 Å². The van der Waals surface area contributed by atoms with Crippen molar-refractivity contribution < 1.29 is 4.42 Å². The lowest BCUT2D eigenvalue weighted by Crippen LogP contribution is -2.00. The summed E-state index contributed by atoms with van der Waals surface area (Å²) in [6.45, 7) is 2.74. The Labute approximate surface area is 105 Å². The van der Waals surface area contributed by atoms with Gasteiger partial charge in [-0.25, -0.2) is 0 Å². The van der Waals surface area contributed by atoms with Gasteiger partial charge < -0.3 is 9.73 Å². The highest BCUT2D eigenvalue weighted by Gasteiger charge is 2.09. The smallest absolute Gasteiger partial charge is 0.134 e. The number of furan rings is 1. The van der Waals surface area contributed by atoms with Crippen molar-refractivity contribution in [2.24, 2.45) is 0 Å². The van der Waals surface area contributed by atoms with Crippen LogP contribution in [0, 0.1) is 6.92 Å². The molecule has 2 heterocycles. The van der Waals surface area contributed by atoms with E-state index in [2.05, 4.69) is 16.4 Å². The molecule has 2 aromatic heterocycles. The Morgan fingerprint density at radius 1 is 1.17 bits per heavy atom. The SMILES string of the molecule is Cc1oc2ccccc2c1CNc1cccnc1. The molecule has 0 aliphatic carbocycles. The highest BCUT2D eigenvalue weighted by atomic mass is 16.3. The molecule has 3 nitrogen and oxygen atoms in total. The molecule has 0 aliphatic rings. The largest absolute Gasteiger partial charge is 0.461 e. The van der Waals surface area contributed by atoms with Crippen LogP contribution < -0.4 is 5.32 Å². The number of anilines is 1. The zero-order chi connectivity index (χ0) is 12.4. The van der Waals surface area contributed by atoms with E-state index in [0.29, 0.717) is 0 Å². The van der Waals surface area contributed by atoms with Gasteiger partial charge in [0.15, 0.2) is 0 Å². The second-order valence-corrected chi connectivity index (χ2v) is 4.23. The Hall–Kier alpha value is -2.29. The molecule has 0 radical (unpaired) electrons. The molecule has 0 fully saturated rings. The molecule has 0 bridgehead atoms. The lowest BCUT2D eigenvalue weighted by molar-refractivity contribution is 0.573. The molecular formula is C15H14N2O. The summed E-state index contributed by atoms with van der Waals surface area (Å²) < 4.78 is 5.73. The van der Waals surface area contributed by atoms with Crippen molar-refractivity contribution in [1.29, 1.82) is 0 Å². The van der Waals surface area contributed by atoms with Gasteiger partial charge in [-0.15, -0.1) is 0 Å². The van der Waals surface area contributed by atoms with Crippen molar-refractivity contribution in [2.75, 3.05) is 5.32 Å². The van der Waals surface area contributed by atoms with Gasteiger partial charge in [-0.3, -0.25) is 4.98 Å². The predicted molar refractivity (Wildman–Crippen MR) is 72.5 cm³/mol. The fourth-order valence-electron chi connectivity index (χ4n) is 2.10. The van der Waals surface area contributed by atoms with Gasteiger partial charge in [0.25, 0.3) is 0 Å². The number of aromatic nitrogens is 1. The topological polar surface area (TPSA) is 38.1 Å². The predicted octanol–water partition coefficient (Wildman–Crippen LogP) is 3.75. The van der Waals surface area contributed by atoms with E-state index >= 15 is 0 Å². The van der Waals surface area contributed by atoms with Crippen molar-refractivity contribution in [1.82, 2.24) is 4.98 Å². The van der Waals surface area contributed by atoms with Crippen LogP contribution in [0.3, 0.4) is 0 Å². The highest BCUT2D eigenvalue weighted by molar-refractivity contribution is 5.82. The molecule has 18 heavy (non-hydrogen) atoms. The minimum absolute atomic E-state index is 0.745. The van der Waals surface area contributed by atoms with E-state index in [-0.39, 0.29) is 0 Å². The normalized spacial score (nSPS) is 10.7. The monoisotopic (exact) mass is 238 g/mol. The first kappa shape index (κ1) is 10.8. The number of rotatable bonds is 3. The van der Waals surface area contributed by atoms with Gasteiger partial charge in [0.1, 0.15) is 11.3 Å². The standard InChI is InChI=1S/C15H14N2O/c1-11-14(10-17-12-5-4-8-16-9-12)13-6-2-3-7-15(13)18-11/h2-9,17H,10H2,1H3. The highest BCUT2D eigenvalue weighted by Crippen LogP contribution is 2.25. The quantitative estimate of drug-likeness (QED) is 0.755. The summed E-state index contributed by atoms with van der Waals surface area (Å²) in [5.74, 6) is 0.965. The summed E-state index contributed by atoms with van der Waals surface area (Å²) >= 11 is 0. The van der Waals surface area contributed by atoms with Crippen LogP contribution in [-0.4, -0.2) is 4.98 Å². The summed E-state index contributed by atoms with van der Waals surface area (Å²) in [5, 5.41) is 4.53. The Bertz CT molecular complexity index is 659. The van der Waals surface area contributed by atoms with E-state index < -0.39 is 0 Å². The minimum Gasteiger partial charge on any atom is -0.461 e. The van der Waals surface area contributed by atoms with E-state index in [1.54, 1.807) is 6.20 Å². The van der Waals surface area contributed by atoms with Gasteiger partial charge in [0.2, 0.25) is 0 Å². The summed E-state index contributed by atoms with van der Waals surface area (Å²) in [6, 6.07) is 12.0. The third kappa shape index (κ3) is 1.95. The number of hydrogen-bond acceptors (Lipinski definition) is 3. The molecule has 1 aromatic carbocycles. The molecule has 0 saturated heterocycles. The molecule has 1 N–H and O–H groups in total. The van der Waals surface area contributed by atoms with Gasteiger partial charge in [-0.05, 0) is 25.1 Å². The third-order valence-corrected chi connectivity index (χ3v) is 3.03. The zero-order valence-electron chi connectivity index (χ0n) is 10.2. The molecule has 0 saturated carbocycles. The fraction of sp³-hybridized carbons (Fsp3) is 0.133. The molecule has 3 rings (SSSR count). The van der Waals surface area contributed by atoms with Crippen molar-refractivity contribution in [3.8, 4) is 0 Å². The minimum atomic E-state index is 0.745. The molecule has 0 atom stereocenters. The maximum atomic E-state index is 5.73. The Morgan fingerprint density at radius 2 is 2.06 bits per heavy atom. The molecule has 0 spiro atoms. The number of pyridine rings is 1. The number of aryl methyl sites for hydroxylation is 1. The number of benzene rings is 1. The first-order chi connectivity index (χ1) is 8.84. The van der Waals surface area contributed by atoms with E-state index in [0.717, 1.165) is 23.6 Å². The lowest BCUT2D eigenvalue weighted by Gasteiger charge is -2.05. The van der Waals surface area contributed by atoms with Crippen LogP contribution in [0.1, 0.15) is 11.3 Å². The van der Waals surface area contributed by atoms with Crippen molar-refractivity contribution in [3.63, 3.8) is 0 Å². The van der Waals surface area contributed by atoms with Crippen LogP contribution in [0.5, 0.6) is 0 Å².